The lowest BCUT2D eigenvalue weighted by Crippen LogP contribution is -2.20. The van der Waals surface area contributed by atoms with Gasteiger partial charge in [0, 0.05) is 18.4 Å². The van der Waals surface area contributed by atoms with Gasteiger partial charge in [0.25, 0.3) is 5.56 Å². The highest BCUT2D eigenvalue weighted by atomic mass is 32.2. The summed E-state index contributed by atoms with van der Waals surface area (Å²) in [6.07, 6.45) is 1.64. The van der Waals surface area contributed by atoms with Gasteiger partial charge < -0.3 is 9.15 Å². The fourth-order valence-electron chi connectivity index (χ4n) is 3.28. The number of para-hydroxylation sites is 1. The van der Waals surface area contributed by atoms with Crippen LogP contribution in [0.4, 0.5) is 0 Å². The van der Waals surface area contributed by atoms with Gasteiger partial charge in [-0.1, -0.05) is 23.9 Å². The largest absolute Gasteiger partial charge is 0.497 e. The summed E-state index contributed by atoms with van der Waals surface area (Å²) in [6.45, 7) is 0. The predicted molar refractivity (Wildman–Crippen MR) is 114 cm³/mol. The molecule has 0 aliphatic carbocycles. The van der Waals surface area contributed by atoms with Crippen LogP contribution in [0.3, 0.4) is 0 Å². The third-order valence-electron chi connectivity index (χ3n) is 4.83. The van der Waals surface area contributed by atoms with Gasteiger partial charge in [-0.2, -0.15) is 0 Å². The molecule has 0 saturated carbocycles. The van der Waals surface area contributed by atoms with Crippen molar-refractivity contribution < 1.29 is 9.15 Å². The summed E-state index contributed by atoms with van der Waals surface area (Å²) < 4.78 is 14.2. The Hall–Kier alpha value is -3.59. The smallest absolute Gasteiger partial charge is 0.262 e. The monoisotopic (exact) mass is 419 g/mol. The number of methoxy groups -OCH3 is 1. The van der Waals surface area contributed by atoms with Gasteiger partial charge in [-0.25, -0.2) is 4.98 Å². The molecule has 8 nitrogen and oxygen atoms in total. The van der Waals surface area contributed by atoms with Crippen LogP contribution in [0.5, 0.6) is 5.75 Å². The van der Waals surface area contributed by atoms with Gasteiger partial charge >= 0.3 is 0 Å². The Morgan fingerprint density at radius 2 is 1.90 bits per heavy atom. The van der Waals surface area contributed by atoms with Crippen LogP contribution >= 0.6 is 11.8 Å². The summed E-state index contributed by atoms with van der Waals surface area (Å²) >= 11 is 1.49. The van der Waals surface area contributed by atoms with E-state index in [-0.39, 0.29) is 5.56 Å². The summed E-state index contributed by atoms with van der Waals surface area (Å²) in [5.74, 6) is 2.38. The van der Waals surface area contributed by atoms with Crippen molar-refractivity contribution in [3.8, 4) is 17.2 Å². The van der Waals surface area contributed by atoms with Gasteiger partial charge in [0.05, 0.1) is 23.7 Å². The first-order valence-electron chi connectivity index (χ1n) is 9.20. The van der Waals surface area contributed by atoms with Crippen molar-refractivity contribution in [2.75, 3.05) is 7.11 Å². The maximum absolute atomic E-state index is 12.6. The number of aryl methyl sites for hydroxylation is 1. The lowest BCUT2D eigenvalue weighted by Gasteiger charge is -2.07. The Labute approximate surface area is 175 Å². The van der Waals surface area contributed by atoms with Gasteiger partial charge in [-0.3, -0.25) is 13.8 Å². The van der Waals surface area contributed by atoms with Crippen LogP contribution in [0.25, 0.3) is 28.1 Å². The second-order valence-electron chi connectivity index (χ2n) is 6.66. The Kier molecular flexibility index (Phi) is 4.51. The zero-order valence-electron chi connectivity index (χ0n) is 16.3. The van der Waals surface area contributed by atoms with E-state index in [9.17, 15) is 4.79 Å². The van der Waals surface area contributed by atoms with Gasteiger partial charge in [0.15, 0.2) is 5.16 Å². The van der Waals surface area contributed by atoms with E-state index in [1.165, 1.54) is 16.3 Å². The number of thioether (sulfide) groups is 1. The first-order chi connectivity index (χ1) is 14.7. The van der Waals surface area contributed by atoms with Crippen molar-refractivity contribution in [3.63, 3.8) is 0 Å². The van der Waals surface area contributed by atoms with E-state index in [4.69, 9.17) is 9.15 Å². The minimum Gasteiger partial charge on any atom is -0.497 e. The lowest BCUT2D eigenvalue weighted by atomic mass is 10.2. The summed E-state index contributed by atoms with van der Waals surface area (Å²) in [5, 5.41) is 9.81. The number of fused-ring (bicyclic) bond motifs is 3. The van der Waals surface area contributed by atoms with E-state index in [1.54, 1.807) is 20.4 Å². The molecule has 0 spiro atoms. The number of nitrogens with zero attached hydrogens (tertiary/aromatic N) is 5. The number of oxazole rings is 1. The molecule has 0 bridgehead atoms. The molecule has 150 valence electrons. The quantitative estimate of drug-likeness (QED) is 0.403. The molecule has 2 aromatic carbocycles. The van der Waals surface area contributed by atoms with Crippen LogP contribution in [0.1, 0.15) is 5.69 Å². The number of hydrogen-bond donors (Lipinski definition) is 0. The fourth-order valence-corrected chi connectivity index (χ4v) is 4.10. The third kappa shape index (κ3) is 3.03. The van der Waals surface area contributed by atoms with Gasteiger partial charge in [-0.15, -0.1) is 10.2 Å². The molecule has 0 fully saturated rings. The molecular weight excluding hydrogens is 402 g/mol. The summed E-state index contributed by atoms with van der Waals surface area (Å²) in [4.78, 5) is 17.1. The Morgan fingerprint density at radius 1 is 1.10 bits per heavy atom. The molecule has 0 unspecified atom stereocenters. The van der Waals surface area contributed by atoms with E-state index in [0.29, 0.717) is 28.0 Å². The highest BCUT2D eigenvalue weighted by Gasteiger charge is 2.16. The standard InChI is InChI=1S/C21H17N5O3S/c1-25-19(27)16-5-3-4-6-17(16)26-20(25)23-24-21(26)30-12-14-11-29-18(22-14)13-7-9-15(28-2)10-8-13/h3-11H,12H2,1-2H3. The maximum atomic E-state index is 12.6. The molecule has 30 heavy (non-hydrogen) atoms. The molecule has 0 saturated heterocycles. The Balaban J connectivity index is 1.45. The van der Waals surface area contributed by atoms with E-state index in [2.05, 4.69) is 15.2 Å². The number of benzene rings is 2. The highest BCUT2D eigenvalue weighted by Crippen LogP contribution is 2.26. The molecule has 5 aromatic rings. The molecule has 0 aliphatic rings. The van der Waals surface area contributed by atoms with Gasteiger partial charge in [-0.05, 0) is 36.4 Å². The van der Waals surface area contributed by atoms with Gasteiger partial charge in [0.2, 0.25) is 11.7 Å². The summed E-state index contributed by atoms with van der Waals surface area (Å²) in [7, 11) is 3.33. The molecule has 0 aliphatic heterocycles. The molecule has 0 N–H and O–H groups in total. The first-order valence-corrected chi connectivity index (χ1v) is 10.2. The van der Waals surface area contributed by atoms with Crippen molar-refractivity contribution in [2.45, 2.75) is 10.9 Å². The van der Waals surface area contributed by atoms with E-state index in [1.807, 2.05) is 52.9 Å². The second-order valence-corrected chi connectivity index (χ2v) is 7.60. The maximum Gasteiger partial charge on any atom is 0.262 e. The number of rotatable bonds is 5. The van der Waals surface area contributed by atoms with E-state index in [0.717, 1.165) is 22.5 Å². The summed E-state index contributed by atoms with van der Waals surface area (Å²) in [5.41, 5.74) is 2.35. The van der Waals surface area contributed by atoms with E-state index < -0.39 is 0 Å². The van der Waals surface area contributed by atoms with Crippen LogP contribution in [0, 0.1) is 0 Å². The van der Waals surface area contributed by atoms with Crippen molar-refractivity contribution >= 4 is 28.4 Å². The Morgan fingerprint density at radius 3 is 2.70 bits per heavy atom. The molecule has 9 heteroatoms. The first kappa shape index (κ1) is 18.4. The fraction of sp³-hybridized carbons (Fsp3) is 0.143. The highest BCUT2D eigenvalue weighted by molar-refractivity contribution is 7.98. The van der Waals surface area contributed by atoms with Crippen molar-refractivity contribution in [1.29, 1.82) is 0 Å². The summed E-state index contributed by atoms with van der Waals surface area (Å²) in [6, 6.07) is 15.0. The normalized spacial score (nSPS) is 11.4. The minimum absolute atomic E-state index is 0.0947. The molecule has 0 radical (unpaired) electrons. The average Bonchev–Trinajstić information content (AvgIpc) is 3.43. The van der Waals surface area contributed by atoms with Crippen molar-refractivity contribution in [2.24, 2.45) is 7.05 Å². The SMILES string of the molecule is COc1ccc(-c2nc(CSc3nnc4n(C)c(=O)c5ccccc5n34)co2)cc1. The molecule has 0 atom stereocenters. The molecule has 0 amide bonds. The number of hydrogen-bond acceptors (Lipinski definition) is 7. The second kappa shape index (κ2) is 7.34. The van der Waals surface area contributed by atoms with Crippen molar-refractivity contribution in [1.82, 2.24) is 24.1 Å². The van der Waals surface area contributed by atoms with Crippen LogP contribution in [0.2, 0.25) is 0 Å². The topological polar surface area (TPSA) is 87.5 Å². The van der Waals surface area contributed by atoms with Gasteiger partial charge in [0.1, 0.15) is 12.0 Å². The molecule has 3 heterocycles. The number of aromatic nitrogens is 5. The Bertz CT molecular complexity index is 1420. The molecule has 5 rings (SSSR count). The van der Waals surface area contributed by atoms with Crippen molar-refractivity contribution in [3.05, 3.63) is 70.8 Å². The zero-order chi connectivity index (χ0) is 20.7. The average molecular weight is 419 g/mol. The molecule has 3 aromatic heterocycles. The van der Waals surface area contributed by atoms with Crippen LogP contribution < -0.4 is 10.3 Å². The lowest BCUT2D eigenvalue weighted by molar-refractivity contribution is 0.415. The van der Waals surface area contributed by atoms with E-state index >= 15 is 0 Å². The number of ether oxygens (including phenoxy) is 1. The van der Waals surface area contributed by atoms with Crippen LogP contribution in [-0.4, -0.2) is 31.3 Å². The van der Waals surface area contributed by atoms with Crippen LogP contribution in [0.15, 0.2) is 69.2 Å². The zero-order valence-corrected chi connectivity index (χ0v) is 17.1. The molecular formula is C21H17N5O3S. The third-order valence-corrected chi connectivity index (χ3v) is 5.80. The predicted octanol–water partition coefficient (Wildman–Crippen LogP) is 3.54. The minimum atomic E-state index is -0.0947. The van der Waals surface area contributed by atoms with Crippen LogP contribution in [-0.2, 0) is 12.8 Å².